The molecular formula is C11H19ClFN3O3S. The molecule has 0 aromatic carbocycles. The molecule has 9 heteroatoms. The van der Waals surface area contributed by atoms with Gasteiger partial charge in [-0.1, -0.05) is 32.4 Å². The molecule has 1 aliphatic heterocycles. The summed E-state index contributed by atoms with van der Waals surface area (Å²) in [7, 11) is -3.57. The quantitative estimate of drug-likeness (QED) is 0.462. The van der Waals surface area contributed by atoms with Crippen molar-refractivity contribution < 1.29 is 17.0 Å². The van der Waals surface area contributed by atoms with Crippen LogP contribution in [0.25, 0.3) is 0 Å². The number of halogens is 2. The van der Waals surface area contributed by atoms with Gasteiger partial charge in [0.1, 0.15) is 0 Å². The summed E-state index contributed by atoms with van der Waals surface area (Å²) in [4.78, 5) is 3.87. The van der Waals surface area contributed by atoms with Gasteiger partial charge in [-0.25, -0.2) is 9.38 Å². The second kappa shape index (κ2) is 6.28. The maximum atomic E-state index is 13.6. The van der Waals surface area contributed by atoms with Crippen molar-refractivity contribution in [2.24, 2.45) is 10.4 Å². The summed E-state index contributed by atoms with van der Waals surface area (Å²) in [5.41, 5.74) is -1.14. The Kier molecular flexibility index (Phi) is 5.39. The highest BCUT2D eigenvalue weighted by molar-refractivity contribution is 7.85. The lowest BCUT2D eigenvalue weighted by Crippen LogP contribution is -2.48. The largest absolute Gasteiger partial charge is 0.362 e. The van der Waals surface area contributed by atoms with Crippen molar-refractivity contribution in [2.45, 2.75) is 32.4 Å². The normalized spacial score (nSPS) is 21.6. The van der Waals surface area contributed by atoms with Crippen molar-refractivity contribution in [3.63, 3.8) is 0 Å². The minimum atomic E-state index is -3.57. The maximum Gasteiger partial charge on any atom is 0.264 e. The molecule has 0 saturated carbocycles. The molecule has 1 unspecified atom stereocenters. The van der Waals surface area contributed by atoms with Crippen LogP contribution in [0.3, 0.4) is 0 Å². The third kappa shape index (κ3) is 5.64. The van der Waals surface area contributed by atoms with Crippen LogP contribution in [0.15, 0.2) is 17.0 Å². The number of nitrogens with one attached hydrogen (secondary N) is 2. The van der Waals surface area contributed by atoms with Crippen LogP contribution in [0.4, 0.5) is 4.39 Å². The Labute approximate surface area is 123 Å². The lowest BCUT2D eigenvalue weighted by atomic mass is 9.87. The highest BCUT2D eigenvalue weighted by atomic mass is 35.5. The molecular weight excluding hydrogens is 309 g/mol. The van der Waals surface area contributed by atoms with Crippen molar-refractivity contribution >= 4 is 27.6 Å². The first-order chi connectivity index (χ1) is 8.99. The van der Waals surface area contributed by atoms with Crippen molar-refractivity contribution in [1.29, 1.82) is 0 Å². The first-order valence-corrected chi connectivity index (χ1v) is 8.19. The van der Waals surface area contributed by atoms with E-state index in [4.69, 9.17) is 15.8 Å². The summed E-state index contributed by atoms with van der Waals surface area (Å²) in [5, 5.41) is 5.35. The minimum absolute atomic E-state index is 0.0271. The predicted octanol–water partition coefficient (Wildman–Crippen LogP) is 1.30. The van der Waals surface area contributed by atoms with Gasteiger partial charge in [0.2, 0.25) is 0 Å². The fraction of sp³-hybridized carbons (Fsp3) is 0.727. The van der Waals surface area contributed by atoms with Gasteiger partial charge in [0.25, 0.3) is 10.1 Å². The first kappa shape index (κ1) is 17.2. The summed E-state index contributed by atoms with van der Waals surface area (Å²) in [6.07, 6.45) is 2.06. The van der Waals surface area contributed by atoms with E-state index < -0.39 is 27.6 Å². The number of rotatable bonds is 4. The van der Waals surface area contributed by atoms with E-state index in [1.807, 2.05) is 20.8 Å². The fourth-order valence-corrected chi connectivity index (χ4v) is 1.94. The standard InChI is InChI=1S/C11H19ClFN3O3S/c1-11(2,3)8(6-19-20(4,17)18)15-9-7(13)5-14-10(12)16-9/h5,8,10,14H,6H2,1-4H3,(H,15,16)/t8-,10?/m1/s1. The molecule has 0 amide bonds. The zero-order chi connectivity index (χ0) is 15.6. The smallest absolute Gasteiger partial charge is 0.264 e. The van der Waals surface area contributed by atoms with E-state index >= 15 is 0 Å². The number of amidine groups is 1. The first-order valence-electron chi connectivity index (χ1n) is 5.94. The van der Waals surface area contributed by atoms with Crippen molar-refractivity contribution in [1.82, 2.24) is 10.6 Å². The molecule has 116 valence electrons. The molecule has 2 atom stereocenters. The molecule has 0 saturated heterocycles. The maximum absolute atomic E-state index is 13.6. The van der Waals surface area contributed by atoms with Gasteiger partial charge in [0.15, 0.2) is 17.3 Å². The monoisotopic (exact) mass is 327 g/mol. The Hall–Kier alpha value is -0.860. The fourth-order valence-electron chi connectivity index (χ4n) is 1.39. The zero-order valence-electron chi connectivity index (χ0n) is 11.8. The molecule has 1 rings (SSSR count). The molecule has 6 nitrogen and oxygen atoms in total. The Balaban J connectivity index is 2.83. The third-order valence-electron chi connectivity index (χ3n) is 2.62. The Morgan fingerprint density at radius 2 is 2.20 bits per heavy atom. The highest BCUT2D eigenvalue weighted by Gasteiger charge is 2.29. The van der Waals surface area contributed by atoms with Gasteiger partial charge < -0.3 is 10.6 Å². The molecule has 20 heavy (non-hydrogen) atoms. The average molecular weight is 328 g/mol. The van der Waals surface area contributed by atoms with Crippen LogP contribution in [-0.2, 0) is 14.3 Å². The summed E-state index contributed by atoms with van der Waals surface area (Å²) < 4.78 is 40.6. The second-order valence-electron chi connectivity index (χ2n) is 5.52. The van der Waals surface area contributed by atoms with E-state index in [-0.39, 0.29) is 17.9 Å². The molecule has 0 radical (unpaired) electrons. The third-order valence-corrected chi connectivity index (χ3v) is 3.41. The van der Waals surface area contributed by atoms with Crippen molar-refractivity contribution in [3.05, 3.63) is 12.0 Å². The van der Waals surface area contributed by atoms with Crippen LogP contribution < -0.4 is 10.6 Å². The van der Waals surface area contributed by atoms with Crippen LogP contribution in [0.2, 0.25) is 0 Å². The molecule has 0 aromatic rings. The summed E-state index contributed by atoms with van der Waals surface area (Å²) in [6, 6.07) is -0.461. The van der Waals surface area contributed by atoms with Gasteiger partial charge >= 0.3 is 0 Å². The molecule has 2 N–H and O–H groups in total. The highest BCUT2D eigenvalue weighted by Crippen LogP contribution is 2.21. The average Bonchev–Trinajstić information content (AvgIpc) is 2.25. The predicted molar refractivity (Wildman–Crippen MR) is 76.6 cm³/mol. The topological polar surface area (TPSA) is 79.8 Å². The zero-order valence-corrected chi connectivity index (χ0v) is 13.3. The van der Waals surface area contributed by atoms with Crippen molar-refractivity contribution in [2.75, 3.05) is 12.9 Å². The number of nitrogens with zero attached hydrogens (tertiary/aromatic N) is 1. The number of alkyl halides is 1. The molecule has 0 bridgehead atoms. The van der Waals surface area contributed by atoms with E-state index in [9.17, 15) is 12.8 Å². The van der Waals surface area contributed by atoms with Gasteiger partial charge in [0, 0.05) is 6.20 Å². The van der Waals surface area contributed by atoms with E-state index in [0.717, 1.165) is 12.5 Å². The Bertz CT molecular complexity index is 513. The number of aliphatic imine (C=N–C) groups is 1. The molecule has 1 heterocycles. The van der Waals surface area contributed by atoms with Gasteiger partial charge in [0.05, 0.1) is 18.9 Å². The van der Waals surface area contributed by atoms with E-state index in [0.29, 0.717) is 0 Å². The minimum Gasteiger partial charge on any atom is -0.362 e. The van der Waals surface area contributed by atoms with Gasteiger partial charge in [-0.05, 0) is 5.41 Å². The number of hydrogen-bond donors (Lipinski definition) is 2. The number of hydrogen-bond acceptors (Lipinski definition) is 6. The van der Waals surface area contributed by atoms with Gasteiger partial charge in [-0.15, -0.1) is 0 Å². The SMILES string of the molecule is CC(C)(C)[C@@H](COS(C)(=O)=O)NC1=NC(Cl)NC=C1F. The van der Waals surface area contributed by atoms with Crippen LogP contribution >= 0.6 is 11.6 Å². The Morgan fingerprint density at radius 1 is 1.60 bits per heavy atom. The van der Waals surface area contributed by atoms with Crippen LogP contribution in [0, 0.1) is 5.41 Å². The van der Waals surface area contributed by atoms with Gasteiger partial charge in [-0.2, -0.15) is 8.42 Å². The van der Waals surface area contributed by atoms with Crippen LogP contribution in [-0.4, -0.2) is 38.8 Å². The molecule has 0 aliphatic carbocycles. The molecule has 0 aromatic heterocycles. The second-order valence-corrected chi connectivity index (χ2v) is 7.58. The molecule has 1 aliphatic rings. The Morgan fingerprint density at radius 3 is 2.70 bits per heavy atom. The summed E-state index contributed by atoms with van der Waals surface area (Å²) in [6.45, 7) is 5.49. The van der Waals surface area contributed by atoms with E-state index in [1.165, 1.54) is 0 Å². The summed E-state index contributed by atoms with van der Waals surface area (Å²) >= 11 is 5.75. The molecule has 0 fully saturated rings. The summed E-state index contributed by atoms with van der Waals surface area (Å²) in [5.74, 6) is -0.628. The van der Waals surface area contributed by atoms with Crippen LogP contribution in [0.5, 0.6) is 0 Å². The van der Waals surface area contributed by atoms with Gasteiger partial charge in [-0.3, -0.25) is 4.18 Å². The van der Waals surface area contributed by atoms with E-state index in [2.05, 4.69) is 15.6 Å². The van der Waals surface area contributed by atoms with Crippen LogP contribution in [0.1, 0.15) is 20.8 Å². The van der Waals surface area contributed by atoms with E-state index in [1.54, 1.807) is 0 Å². The van der Waals surface area contributed by atoms with Crippen molar-refractivity contribution in [3.8, 4) is 0 Å². The molecule has 0 spiro atoms. The lowest BCUT2D eigenvalue weighted by Gasteiger charge is -2.32. The lowest BCUT2D eigenvalue weighted by molar-refractivity contribution is 0.195.